The van der Waals surface area contributed by atoms with Gasteiger partial charge in [-0.15, -0.1) is 0 Å². The third-order valence-electron chi connectivity index (χ3n) is 12.4. The zero-order valence-corrected chi connectivity index (χ0v) is 30.3. The summed E-state index contributed by atoms with van der Waals surface area (Å²) in [5.74, 6) is 0. The topological polar surface area (TPSA) is 14.8 Å². The second-order valence-electron chi connectivity index (χ2n) is 15.7. The molecule has 3 heterocycles. The first-order valence-electron chi connectivity index (χ1n) is 19.2. The molecule has 0 bridgehead atoms. The quantitative estimate of drug-likeness (QED) is 0.175. The Labute approximate surface area is 313 Å². The molecule has 0 aliphatic heterocycles. The van der Waals surface area contributed by atoms with Gasteiger partial charge in [-0.1, -0.05) is 105 Å². The Kier molecular flexibility index (Phi) is 5.96. The average Bonchev–Trinajstić information content (AvgIpc) is 3.91. The number of hydrogen-bond donors (Lipinski definition) is 0. The zero-order chi connectivity index (χ0) is 35.7. The first-order chi connectivity index (χ1) is 26.6. The number of benzene rings is 7. The van der Waals surface area contributed by atoms with Crippen LogP contribution in [0.3, 0.4) is 0 Å². The van der Waals surface area contributed by atoms with Gasteiger partial charge in [-0.3, -0.25) is 0 Å². The standard InChI is InChI=1S/C51H37N3/c1-51(2)43-29-34(54-47-22-12-8-18-38(47)39-19-9-13-23-48(39)54)24-26-35(43)40-31-50-42(30-44(40)51)41-28-33(25-27-49(41)52(50)32-14-4-3-5-15-32)53-45-20-10-6-16-36(45)37-17-7-11-21-46(37)53/h4,6-31H,3,5H2,1-2H3. The van der Waals surface area contributed by atoms with Gasteiger partial charge in [-0.25, -0.2) is 0 Å². The molecule has 0 unspecified atom stereocenters. The molecular formula is C51H37N3. The minimum atomic E-state index is -0.184. The number of rotatable bonds is 3. The summed E-state index contributed by atoms with van der Waals surface area (Å²) in [7, 11) is 0. The summed E-state index contributed by atoms with van der Waals surface area (Å²) in [4.78, 5) is 0. The molecule has 0 saturated carbocycles. The Morgan fingerprint density at radius 2 is 0.907 bits per heavy atom. The van der Waals surface area contributed by atoms with E-state index in [1.807, 2.05) is 0 Å². The molecule has 12 rings (SSSR count). The van der Waals surface area contributed by atoms with E-state index >= 15 is 0 Å². The van der Waals surface area contributed by atoms with Crippen LogP contribution in [0.2, 0.25) is 0 Å². The van der Waals surface area contributed by atoms with E-state index < -0.39 is 0 Å². The highest BCUT2D eigenvalue weighted by molar-refractivity contribution is 6.15. The largest absolute Gasteiger partial charge is 0.310 e. The number of hydrogen-bond acceptors (Lipinski definition) is 0. The van der Waals surface area contributed by atoms with Crippen LogP contribution in [0.1, 0.15) is 37.8 Å². The van der Waals surface area contributed by atoms with Gasteiger partial charge in [-0.05, 0) is 108 Å². The molecule has 3 heteroatoms. The van der Waals surface area contributed by atoms with Crippen molar-refractivity contribution < 1.29 is 0 Å². The lowest BCUT2D eigenvalue weighted by molar-refractivity contribution is 0.661. The van der Waals surface area contributed by atoms with Crippen LogP contribution in [-0.4, -0.2) is 13.7 Å². The summed E-state index contributed by atoms with van der Waals surface area (Å²) < 4.78 is 7.39. The summed E-state index contributed by atoms with van der Waals surface area (Å²) in [6, 6.07) is 54.4. The van der Waals surface area contributed by atoms with Crippen LogP contribution < -0.4 is 0 Å². The molecule has 256 valence electrons. The predicted molar refractivity (Wildman–Crippen MR) is 228 cm³/mol. The van der Waals surface area contributed by atoms with Gasteiger partial charge in [0.15, 0.2) is 0 Å². The number of allylic oxidation sites excluding steroid dienone is 4. The maximum absolute atomic E-state index is 2.52. The van der Waals surface area contributed by atoms with Crippen molar-refractivity contribution in [3.05, 3.63) is 175 Å². The lowest BCUT2D eigenvalue weighted by Gasteiger charge is -2.22. The summed E-state index contributed by atoms with van der Waals surface area (Å²) in [5, 5.41) is 7.73. The molecule has 0 saturated heterocycles. The van der Waals surface area contributed by atoms with Crippen LogP contribution in [0.15, 0.2) is 164 Å². The highest BCUT2D eigenvalue weighted by Crippen LogP contribution is 2.52. The highest BCUT2D eigenvalue weighted by atomic mass is 15.0. The van der Waals surface area contributed by atoms with Gasteiger partial charge in [0.25, 0.3) is 0 Å². The van der Waals surface area contributed by atoms with Crippen molar-refractivity contribution in [1.29, 1.82) is 0 Å². The van der Waals surface area contributed by atoms with Gasteiger partial charge in [0.2, 0.25) is 0 Å². The Hall–Kier alpha value is -6.58. The van der Waals surface area contributed by atoms with Gasteiger partial charge in [0.05, 0.1) is 33.1 Å². The molecule has 7 aromatic carbocycles. The van der Waals surface area contributed by atoms with Crippen LogP contribution in [-0.2, 0) is 5.41 Å². The van der Waals surface area contributed by atoms with Gasteiger partial charge in [-0.2, -0.15) is 0 Å². The summed E-state index contributed by atoms with van der Waals surface area (Å²) in [5.41, 5.74) is 16.4. The van der Waals surface area contributed by atoms with Crippen LogP contribution in [0, 0.1) is 0 Å². The normalized spacial score (nSPS) is 14.9. The van der Waals surface area contributed by atoms with Crippen molar-refractivity contribution in [3.8, 4) is 22.5 Å². The first kappa shape index (κ1) is 29.9. The van der Waals surface area contributed by atoms with Gasteiger partial charge in [0.1, 0.15) is 0 Å². The zero-order valence-electron chi connectivity index (χ0n) is 30.3. The SMILES string of the molecule is CC1(C)c2cc(-n3c4ccccc4c4ccccc43)ccc2-c2cc3c(cc21)c1cc(-n2c4ccccc4c4ccccc42)ccc1n3C1=CCCC=C1. The summed E-state index contributed by atoms with van der Waals surface area (Å²) in [6.07, 6.45) is 9.18. The fourth-order valence-electron chi connectivity index (χ4n) is 9.95. The predicted octanol–water partition coefficient (Wildman–Crippen LogP) is 13.5. The van der Waals surface area contributed by atoms with E-state index in [2.05, 4.69) is 191 Å². The molecule has 3 aromatic heterocycles. The van der Waals surface area contributed by atoms with Gasteiger partial charge >= 0.3 is 0 Å². The van der Waals surface area contributed by atoms with E-state index in [0.717, 1.165) is 12.8 Å². The molecule has 54 heavy (non-hydrogen) atoms. The van der Waals surface area contributed by atoms with E-state index in [9.17, 15) is 0 Å². The molecule has 0 radical (unpaired) electrons. The molecule has 0 atom stereocenters. The maximum Gasteiger partial charge on any atom is 0.0547 e. The molecule has 0 amide bonds. The van der Waals surface area contributed by atoms with E-state index in [1.54, 1.807) is 0 Å². The second kappa shape index (κ2) is 10.7. The molecule has 0 fully saturated rings. The highest BCUT2D eigenvalue weighted by Gasteiger charge is 2.37. The van der Waals surface area contributed by atoms with Crippen molar-refractivity contribution >= 4 is 71.1 Å². The van der Waals surface area contributed by atoms with E-state index in [4.69, 9.17) is 0 Å². The van der Waals surface area contributed by atoms with Crippen molar-refractivity contribution in [2.45, 2.75) is 32.1 Å². The number of aromatic nitrogens is 3. The molecule has 2 aliphatic rings. The molecule has 10 aromatic rings. The second-order valence-corrected chi connectivity index (χ2v) is 15.7. The molecule has 3 nitrogen and oxygen atoms in total. The third-order valence-corrected chi connectivity index (χ3v) is 12.4. The molecule has 0 spiro atoms. The van der Waals surface area contributed by atoms with Crippen molar-refractivity contribution in [2.75, 3.05) is 0 Å². The van der Waals surface area contributed by atoms with Crippen LogP contribution in [0.4, 0.5) is 0 Å². The van der Waals surface area contributed by atoms with E-state index in [-0.39, 0.29) is 5.41 Å². The van der Waals surface area contributed by atoms with Crippen molar-refractivity contribution in [2.24, 2.45) is 0 Å². The van der Waals surface area contributed by atoms with Gasteiger partial charge < -0.3 is 13.7 Å². The lowest BCUT2D eigenvalue weighted by Crippen LogP contribution is -2.15. The van der Waals surface area contributed by atoms with Crippen LogP contribution in [0.5, 0.6) is 0 Å². The third kappa shape index (κ3) is 3.91. The summed E-state index contributed by atoms with van der Waals surface area (Å²) in [6.45, 7) is 4.82. The average molecular weight is 692 g/mol. The van der Waals surface area contributed by atoms with E-state index in [1.165, 1.54) is 105 Å². The summed E-state index contributed by atoms with van der Waals surface area (Å²) >= 11 is 0. The Morgan fingerprint density at radius 1 is 0.407 bits per heavy atom. The minimum absolute atomic E-state index is 0.184. The van der Waals surface area contributed by atoms with Crippen molar-refractivity contribution in [3.63, 3.8) is 0 Å². The Morgan fingerprint density at radius 3 is 1.48 bits per heavy atom. The van der Waals surface area contributed by atoms with Crippen LogP contribution in [0.25, 0.3) is 93.6 Å². The molecular weight excluding hydrogens is 655 g/mol. The monoisotopic (exact) mass is 691 g/mol. The van der Waals surface area contributed by atoms with Crippen molar-refractivity contribution in [1.82, 2.24) is 13.7 Å². The maximum atomic E-state index is 2.52. The Balaban J connectivity index is 1.10. The fraction of sp³-hybridized carbons (Fsp3) is 0.0980. The van der Waals surface area contributed by atoms with Crippen LogP contribution >= 0.6 is 0 Å². The minimum Gasteiger partial charge on any atom is -0.310 e. The lowest BCUT2D eigenvalue weighted by atomic mass is 9.82. The molecule has 0 N–H and O–H groups in total. The number of fused-ring (bicyclic) bond motifs is 12. The smallest absolute Gasteiger partial charge is 0.0547 e. The Bertz CT molecular complexity index is 3190. The van der Waals surface area contributed by atoms with E-state index in [0.29, 0.717) is 0 Å². The van der Waals surface area contributed by atoms with Gasteiger partial charge in [0, 0.05) is 54.8 Å². The fourth-order valence-corrected chi connectivity index (χ4v) is 9.95. The number of para-hydroxylation sites is 4. The number of nitrogens with zero attached hydrogens (tertiary/aromatic N) is 3. The molecule has 2 aliphatic carbocycles. The first-order valence-corrected chi connectivity index (χ1v) is 19.2.